The predicted molar refractivity (Wildman–Crippen MR) is 83.7 cm³/mol. The van der Waals surface area contributed by atoms with Crippen molar-refractivity contribution in [1.82, 2.24) is 4.90 Å². The molecule has 0 N–H and O–H groups in total. The summed E-state index contributed by atoms with van der Waals surface area (Å²) < 4.78 is 0. The number of carbonyl (C=O) groups excluding carboxylic acids is 1. The maximum Gasteiger partial charge on any atom is 0.234 e. The Morgan fingerprint density at radius 1 is 1.05 bits per heavy atom. The molecule has 2 nitrogen and oxygen atoms in total. The molecule has 19 heavy (non-hydrogen) atoms. The Bertz CT molecular complexity index is 337. The molecule has 1 amide bonds. The summed E-state index contributed by atoms with van der Waals surface area (Å²) in [6, 6.07) is 0.222. The highest BCUT2D eigenvalue weighted by molar-refractivity contribution is 5.84. The van der Waals surface area contributed by atoms with Crippen LogP contribution in [0, 0.1) is 17.8 Å². The van der Waals surface area contributed by atoms with Crippen LogP contribution < -0.4 is 0 Å². The zero-order valence-corrected chi connectivity index (χ0v) is 13.9. The average molecular weight is 265 g/mol. The van der Waals surface area contributed by atoms with Gasteiger partial charge in [-0.25, -0.2) is 0 Å². The Morgan fingerprint density at radius 2 is 1.58 bits per heavy atom. The van der Waals surface area contributed by atoms with Gasteiger partial charge < -0.3 is 4.90 Å². The van der Waals surface area contributed by atoms with Crippen LogP contribution in [-0.4, -0.2) is 16.8 Å². The van der Waals surface area contributed by atoms with Crippen molar-refractivity contribution in [2.75, 3.05) is 0 Å². The van der Waals surface area contributed by atoms with Gasteiger partial charge in [0, 0.05) is 12.2 Å². The standard InChI is InChI=1S/C15H25NO.C2H6/c1-10(2)13-8-7-9-16(12(5)6)15(17)14(13)11(3)4;1-2/h7-12,14H,1-6H3;1-2H3. The van der Waals surface area contributed by atoms with Crippen molar-refractivity contribution in [2.45, 2.75) is 61.4 Å². The summed E-state index contributed by atoms with van der Waals surface area (Å²) in [5, 5.41) is 0. The van der Waals surface area contributed by atoms with Gasteiger partial charge in [0.2, 0.25) is 5.91 Å². The monoisotopic (exact) mass is 265 g/mol. The molecule has 0 fully saturated rings. The Labute approximate surface area is 119 Å². The Balaban J connectivity index is 0.00000154. The lowest BCUT2D eigenvalue weighted by molar-refractivity contribution is -0.134. The van der Waals surface area contributed by atoms with Gasteiger partial charge in [0.25, 0.3) is 0 Å². The third-order valence-corrected chi connectivity index (χ3v) is 3.30. The molecule has 0 aromatic carbocycles. The summed E-state index contributed by atoms with van der Waals surface area (Å²) in [7, 11) is 0. The van der Waals surface area contributed by atoms with Crippen molar-refractivity contribution in [3.63, 3.8) is 0 Å². The quantitative estimate of drug-likeness (QED) is 0.728. The Hall–Kier alpha value is -1.05. The van der Waals surface area contributed by atoms with Crippen LogP contribution in [-0.2, 0) is 4.79 Å². The van der Waals surface area contributed by atoms with Gasteiger partial charge in [-0.1, -0.05) is 53.2 Å². The van der Waals surface area contributed by atoms with E-state index in [0.717, 1.165) is 0 Å². The van der Waals surface area contributed by atoms with Crippen molar-refractivity contribution >= 4 is 5.91 Å². The van der Waals surface area contributed by atoms with E-state index in [1.807, 2.05) is 31.0 Å². The van der Waals surface area contributed by atoms with Gasteiger partial charge in [-0.2, -0.15) is 0 Å². The van der Waals surface area contributed by atoms with E-state index >= 15 is 0 Å². The summed E-state index contributed by atoms with van der Waals surface area (Å²) in [4.78, 5) is 14.4. The lowest BCUT2D eigenvalue weighted by Gasteiger charge is -2.30. The number of allylic oxidation sites excluding steroid dienone is 2. The largest absolute Gasteiger partial charge is 0.316 e. The van der Waals surface area contributed by atoms with Crippen LogP contribution >= 0.6 is 0 Å². The van der Waals surface area contributed by atoms with Crippen LogP contribution in [0.15, 0.2) is 23.9 Å². The first-order valence-corrected chi connectivity index (χ1v) is 7.56. The van der Waals surface area contributed by atoms with Gasteiger partial charge >= 0.3 is 0 Å². The SMILES string of the molecule is CC.CC(C)C1=CC=CN(C(C)C)C(=O)C1C(C)C. The lowest BCUT2D eigenvalue weighted by Crippen LogP contribution is -2.39. The van der Waals surface area contributed by atoms with E-state index in [-0.39, 0.29) is 17.9 Å². The smallest absolute Gasteiger partial charge is 0.234 e. The van der Waals surface area contributed by atoms with Gasteiger partial charge in [-0.3, -0.25) is 4.79 Å². The molecule has 1 aliphatic rings. The number of carbonyl (C=O) groups is 1. The van der Waals surface area contributed by atoms with Gasteiger partial charge in [-0.15, -0.1) is 0 Å². The molecule has 0 aliphatic carbocycles. The maximum atomic E-state index is 12.6. The highest BCUT2D eigenvalue weighted by Gasteiger charge is 2.32. The van der Waals surface area contributed by atoms with Crippen molar-refractivity contribution in [3.05, 3.63) is 23.9 Å². The first-order valence-electron chi connectivity index (χ1n) is 7.56. The first kappa shape index (κ1) is 17.9. The normalized spacial score (nSPS) is 19.5. The van der Waals surface area contributed by atoms with Crippen LogP contribution in [0.4, 0.5) is 0 Å². The molecule has 0 bridgehead atoms. The summed E-state index contributed by atoms with van der Waals surface area (Å²) in [6.45, 7) is 16.7. The third kappa shape index (κ3) is 4.52. The van der Waals surface area contributed by atoms with Gasteiger partial charge in [0.1, 0.15) is 0 Å². The van der Waals surface area contributed by atoms with Crippen LogP contribution in [0.25, 0.3) is 0 Å². The second-order valence-corrected chi connectivity index (χ2v) is 5.72. The van der Waals surface area contributed by atoms with E-state index in [1.54, 1.807) is 0 Å². The van der Waals surface area contributed by atoms with Crippen molar-refractivity contribution < 1.29 is 4.79 Å². The molecular formula is C17H31NO. The molecule has 0 aromatic rings. The number of hydrogen-bond donors (Lipinski definition) is 0. The molecule has 1 rings (SSSR count). The molecule has 1 heterocycles. The van der Waals surface area contributed by atoms with E-state index < -0.39 is 0 Å². The average Bonchev–Trinajstić information content (AvgIpc) is 2.50. The second kappa shape index (κ2) is 8.19. The number of rotatable bonds is 3. The number of hydrogen-bond acceptors (Lipinski definition) is 1. The molecule has 1 unspecified atom stereocenters. The van der Waals surface area contributed by atoms with E-state index in [2.05, 4.69) is 47.6 Å². The van der Waals surface area contributed by atoms with Crippen molar-refractivity contribution in [2.24, 2.45) is 17.8 Å². The Kier molecular flexibility index (Phi) is 7.73. The van der Waals surface area contributed by atoms with Crippen molar-refractivity contribution in [3.8, 4) is 0 Å². The van der Waals surface area contributed by atoms with Crippen molar-refractivity contribution in [1.29, 1.82) is 0 Å². The fourth-order valence-electron chi connectivity index (χ4n) is 2.38. The van der Waals surface area contributed by atoms with Crippen LogP contribution in [0.3, 0.4) is 0 Å². The molecule has 0 saturated carbocycles. The third-order valence-electron chi connectivity index (χ3n) is 3.30. The minimum atomic E-state index is 0.0207. The zero-order valence-electron chi connectivity index (χ0n) is 13.9. The summed E-state index contributed by atoms with van der Waals surface area (Å²) >= 11 is 0. The van der Waals surface area contributed by atoms with E-state index in [4.69, 9.17) is 0 Å². The van der Waals surface area contributed by atoms with E-state index in [0.29, 0.717) is 11.8 Å². The van der Waals surface area contributed by atoms with E-state index in [1.165, 1.54) is 5.57 Å². The molecular weight excluding hydrogens is 234 g/mol. The molecule has 0 spiro atoms. The topological polar surface area (TPSA) is 20.3 Å². The summed E-state index contributed by atoms with van der Waals surface area (Å²) in [5.74, 6) is 1.02. The predicted octanol–water partition coefficient (Wildman–Crippen LogP) is 4.63. The number of nitrogens with zero attached hydrogens (tertiary/aromatic N) is 1. The fourth-order valence-corrected chi connectivity index (χ4v) is 2.38. The highest BCUT2D eigenvalue weighted by Crippen LogP contribution is 2.31. The Morgan fingerprint density at radius 3 is 1.95 bits per heavy atom. The fraction of sp³-hybridized carbons (Fsp3) is 0.706. The van der Waals surface area contributed by atoms with Gasteiger partial charge in [0.05, 0.1) is 5.92 Å². The minimum absolute atomic E-state index is 0.0207. The minimum Gasteiger partial charge on any atom is -0.316 e. The molecule has 0 radical (unpaired) electrons. The van der Waals surface area contributed by atoms with Crippen LogP contribution in [0.2, 0.25) is 0 Å². The summed E-state index contributed by atoms with van der Waals surface area (Å²) in [6.07, 6.45) is 6.04. The molecule has 2 heteroatoms. The van der Waals surface area contributed by atoms with Gasteiger partial charge in [0.15, 0.2) is 0 Å². The molecule has 110 valence electrons. The maximum absolute atomic E-state index is 12.6. The molecule has 0 saturated heterocycles. The summed E-state index contributed by atoms with van der Waals surface area (Å²) in [5.41, 5.74) is 1.25. The highest BCUT2D eigenvalue weighted by atomic mass is 16.2. The van der Waals surface area contributed by atoms with Crippen LogP contribution in [0.5, 0.6) is 0 Å². The van der Waals surface area contributed by atoms with E-state index in [9.17, 15) is 4.79 Å². The molecule has 1 aliphatic heterocycles. The zero-order chi connectivity index (χ0) is 15.2. The molecule has 0 aromatic heterocycles. The first-order chi connectivity index (χ1) is 8.86. The second-order valence-electron chi connectivity index (χ2n) is 5.72. The lowest BCUT2D eigenvalue weighted by atomic mass is 9.81. The molecule has 1 atom stereocenters. The number of amides is 1. The van der Waals surface area contributed by atoms with Gasteiger partial charge in [-0.05, 0) is 31.8 Å². The van der Waals surface area contributed by atoms with Crippen LogP contribution in [0.1, 0.15) is 55.4 Å².